The zero-order chi connectivity index (χ0) is 16.8. The second kappa shape index (κ2) is 7.88. The maximum Gasteiger partial charge on any atom is 0.282 e. The number of nitrogens with one attached hydrogen (secondary N) is 1. The van der Waals surface area contributed by atoms with Crippen molar-refractivity contribution in [3.63, 3.8) is 0 Å². The van der Waals surface area contributed by atoms with Crippen LogP contribution in [-0.2, 0) is 4.79 Å². The highest BCUT2D eigenvalue weighted by Gasteiger charge is 2.22. The third kappa shape index (κ3) is 4.63. The number of quaternary nitrogens is 1. The molecule has 0 saturated heterocycles. The van der Waals surface area contributed by atoms with Crippen molar-refractivity contribution in [1.82, 2.24) is 0 Å². The molecule has 23 heavy (non-hydrogen) atoms. The van der Waals surface area contributed by atoms with Gasteiger partial charge < -0.3 is 10.6 Å². The van der Waals surface area contributed by atoms with Crippen LogP contribution in [0.5, 0.6) is 0 Å². The van der Waals surface area contributed by atoms with Crippen LogP contribution in [0, 0.1) is 12.7 Å². The molecular weight excluding hydrogens is 291 g/mol. The van der Waals surface area contributed by atoms with E-state index in [1.807, 2.05) is 12.2 Å². The molecule has 2 rings (SSSR count). The smallest absolute Gasteiger partial charge is 0.282 e. The number of hydrogen-bond donors (Lipinski definition) is 2. The Bertz CT molecular complexity index is 655. The minimum absolute atomic E-state index is 0.194. The van der Waals surface area contributed by atoms with Crippen LogP contribution in [0.4, 0.5) is 10.1 Å². The maximum atomic E-state index is 13.6. The quantitative estimate of drug-likeness (QED) is 0.845. The summed E-state index contributed by atoms with van der Waals surface area (Å²) in [7, 11) is 0. The summed E-state index contributed by atoms with van der Waals surface area (Å²) in [5, 5.41) is 4.68. The number of halogens is 1. The van der Waals surface area contributed by atoms with Crippen LogP contribution >= 0.6 is 0 Å². The summed E-state index contributed by atoms with van der Waals surface area (Å²) < 4.78 is 13.6. The highest BCUT2D eigenvalue weighted by Crippen LogP contribution is 2.14. The predicted molar refractivity (Wildman–Crippen MR) is 90.6 cm³/mol. The fourth-order valence-corrected chi connectivity index (χ4v) is 2.54. The largest absolute Gasteiger partial charge is 0.330 e. The van der Waals surface area contributed by atoms with Gasteiger partial charge in [-0.2, -0.15) is 0 Å². The molecule has 0 aliphatic heterocycles. The number of rotatable bonds is 6. The van der Waals surface area contributed by atoms with Gasteiger partial charge in [0.05, 0.1) is 5.69 Å². The van der Waals surface area contributed by atoms with Crippen LogP contribution in [0.2, 0.25) is 0 Å². The monoisotopic (exact) mass is 315 g/mol. The standard InChI is InChI=1S/C19H23FN2O/c1-4-17(15-11-9-13(2)10-12-15)21-14(3)19(23)22-18-8-6-5-7-16(18)20/h5-12,14,17,21H,4H2,1-3H3,(H,22,23)/p+1/t14-,17+/m1/s1. The fraction of sp³-hybridized carbons (Fsp3) is 0.316. The Morgan fingerprint density at radius 2 is 1.83 bits per heavy atom. The summed E-state index contributed by atoms with van der Waals surface area (Å²) in [6.45, 7) is 5.99. The van der Waals surface area contributed by atoms with E-state index in [1.54, 1.807) is 18.2 Å². The summed E-state index contributed by atoms with van der Waals surface area (Å²) in [4.78, 5) is 12.3. The number of hydrogen-bond acceptors (Lipinski definition) is 1. The molecule has 0 radical (unpaired) electrons. The molecule has 0 aliphatic rings. The first-order valence-electron chi connectivity index (χ1n) is 7.98. The Kier molecular flexibility index (Phi) is 5.88. The SMILES string of the molecule is CC[C@H]([NH2+][C@H](C)C(=O)Nc1ccccc1F)c1ccc(C)cc1. The number of anilines is 1. The van der Waals surface area contributed by atoms with Gasteiger partial charge in [-0.05, 0) is 26.0 Å². The Balaban J connectivity index is 2.01. The molecule has 3 nitrogen and oxygen atoms in total. The molecule has 0 aromatic heterocycles. The molecule has 0 spiro atoms. The number of carbonyl (C=O) groups is 1. The zero-order valence-electron chi connectivity index (χ0n) is 13.8. The molecule has 3 N–H and O–H groups in total. The number of carbonyl (C=O) groups excluding carboxylic acids is 1. The van der Waals surface area contributed by atoms with Gasteiger partial charge in [0.25, 0.3) is 5.91 Å². The average molecular weight is 315 g/mol. The van der Waals surface area contributed by atoms with Gasteiger partial charge in [0.15, 0.2) is 6.04 Å². The van der Waals surface area contributed by atoms with Gasteiger partial charge in [0.2, 0.25) is 0 Å². The number of amides is 1. The van der Waals surface area contributed by atoms with Gasteiger partial charge in [-0.1, -0.05) is 48.9 Å². The molecule has 0 fully saturated rings. The van der Waals surface area contributed by atoms with E-state index in [1.165, 1.54) is 17.2 Å². The Hall–Kier alpha value is -2.20. The first-order chi connectivity index (χ1) is 11.0. The second-order valence-corrected chi connectivity index (χ2v) is 5.88. The number of nitrogens with two attached hydrogens (primary N) is 1. The van der Waals surface area contributed by atoms with Crippen molar-refractivity contribution < 1.29 is 14.5 Å². The first kappa shape index (κ1) is 17.2. The molecular formula is C19H24FN2O+. The molecule has 122 valence electrons. The number of benzene rings is 2. The van der Waals surface area contributed by atoms with E-state index in [9.17, 15) is 9.18 Å². The lowest BCUT2D eigenvalue weighted by molar-refractivity contribution is -0.713. The number of aryl methyl sites for hydroxylation is 1. The third-order valence-corrected chi connectivity index (χ3v) is 4.01. The van der Waals surface area contributed by atoms with E-state index in [0.717, 1.165) is 6.42 Å². The molecule has 2 atom stereocenters. The van der Waals surface area contributed by atoms with E-state index >= 15 is 0 Å². The van der Waals surface area contributed by atoms with Gasteiger partial charge in [-0.15, -0.1) is 0 Å². The van der Waals surface area contributed by atoms with Crippen molar-refractivity contribution in [2.75, 3.05) is 5.32 Å². The molecule has 0 unspecified atom stereocenters. The fourth-order valence-electron chi connectivity index (χ4n) is 2.54. The summed E-state index contributed by atoms with van der Waals surface area (Å²) in [6, 6.07) is 14.5. The van der Waals surface area contributed by atoms with E-state index in [4.69, 9.17) is 0 Å². The molecule has 0 aliphatic carbocycles. The van der Waals surface area contributed by atoms with E-state index in [2.05, 4.69) is 43.4 Å². The van der Waals surface area contributed by atoms with Crippen LogP contribution in [0.15, 0.2) is 48.5 Å². The molecule has 2 aromatic rings. The van der Waals surface area contributed by atoms with E-state index < -0.39 is 5.82 Å². The maximum absolute atomic E-state index is 13.6. The summed E-state index contributed by atoms with van der Waals surface area (Å²) >= 11 is 0. The highest BCUT2D eigenvalue weighted by molar-refractivity contribution is 5.93. The minimum atomic E-state index is -0.418. The molecule has 0 bridgehead atoms. The van der Waals surface area contributed by atoms with Crippen molar-refractivity contribution in [2.24, 2.45) is 0 Å². The van der Waals surface area contributed by atoms with E-state index in [-0.39, 0.29) is 23.7 Å². The third-order valence-electron chi connectivity index (χ3n) is 4.01. The Morgan fingerprint density at radius 1 is 1.17 bits per heavy atom. The average Bonchev–Trinajstić information content (AvgIpc) is 2.55. The lowest BCUT2D eigenvalue weighted by Gasteiger charge is -2.19. The van der Waals surface area contributed by atoms with Crippen molar-refractivity contribution >= 4 is 11.6 Å². The van der Waals surface area contributed by atoms with Crippen LogP contribution in [-0.4, -0.2) is 11.9 Å². The van der Waals surface area contributed by atoms with Gasteiger partial charge in [0.1, 0.15) is 11.9 Å². The lowest BCUT2D eigenvalue weighted by Crippen LogP contribution is -2.92. The molecule has 1 amide bonds. The molecule has 0 saturated carbocycles. The number of para-hydroxylation sites is 1. The second-order valence-electron chi connectivity index (χ2n) is 5.88. The van der Waals surface area contributed by atoms with Crippen molar-refractivity contribution in [3.05, 3.63) is 65.5 Å². The van der Waals surface area contributed by atoms with E-state index in [0.29, 0.717) is 0 Å². The normalized spacial score (nSPS) is 13.4. The summed E-state index contributed by atoms with van der Waals surface area (Å²) in [5.41, 5.74) is 2.64. The van der Waals surface area contributed by atoms with Crippen molar-refractivity contribution in [1.29, 1.82) is 0 Å². The molecule has 0 heterocycles. The summed E-state index contributed by atoms with van der Waals surface area (Å²) in [6.07, 6.45) is 0.917. The predicted octanol–water partition coefficient (Wildman–Crippen LogP) is 3.18. The molecule has 2 aromatic carbocycles. The van der Waals surface area contributed by atoms with Gasteiger partial charge in [0, 0.05) is 12.0 Å². The van der Waals surface area contributed by atoms with Crippen LogP contribution in [0.3, 0.4) is 0 Å². The van der Waals surface area contributed by atoms with Crippen molar-refractivity contribution in [3.8, 4) is 0 Å². The van der Waals surface area contributed by atoms with Crippen molar-refractivity contribution in [2.45, 2.75) is 39.3 Å². The lowest BCUT2D eigenvalue weighted by atomic mass is 10.0. The summed E-state index contributed by atoms with van der Waals surface area (Å²) in [5.74, 6) is -0.612. The topological polar surface area (TPSA) is 45.7 Å². The van der Waals surface area contributed by atoms with Gasteiger partial charge >= 0.3 is 0 Å². The minimum Gasteiger partial charge on any atom is -0.330 e. The Morgan fingerprint density at radius 3 is 2.43 bits per heavy atom. The zero-order valence-corrected chi connectivity index (χ0v) is 13.8. The molecule has 4 heteroatoms. The Labute approximate surface area is 136 Å². The van der Waals surface area contributed by atoms with Crippen LogP contribution in [0.1, 0.15) is 37.4 Å². The van der Waals surface area contributed by atoms with Gasteiger partial charge in [-0.25, -0.2) is 4.39 Å². The highest BCUT2D eigenvalue weighted by atomic mass is 19.1. The van der Waals surface area contributed by atoms with Crippen LogP contribution in [0.25, 0.3) is 0 Å². The van der Waals surface area contributed by atoms with Gasteiger partial charge in [-0.3, -0.25) is 4.79 Å². The first-order valence-corrected chi connectivity index (χ1v) is 7.98. The van der Waals surface area contributed by atoms with Crippen LogP contribution < -0.4 is 10.6 Å².